The second kappa shape index (κ2) is 3.08. The maximum Gasteiger partial charge on any atom is 0.204 e. The van der Waals surface area contributed by atoms with Crippen LogP contribution in [-0.4, -0.2) is 30.2 Å². The lowest BCUT2D eigenvalue weighted by Gasteiger charge is -2.32. The Morgan fingerprint density at radius 2 is 2.23 bits per heavy atom. The number of rotatable bonds is 2. The Morgan fingerprint density at radius 1 is 1.46 bits per heavy atom. The molecule has 0 saturated carbocycles. The molecule has 1 saturated heterocycles. The topological polar surface area (TPSA) is 64.3 Å². The third-order valence-corrected chi connectivity index (χ3v) is 2.17. The van der Waals surface area contributed by atoms with Crippen molar-refractivity contribution in [2.24, 2.45) is 0 Å². The molecule has 0 bridgehead atoms. The van der Waals surface area contributed by atoms with Gasteiger partial charge in [0.25, 0.3) is 0 Å². The number of nitrogen functional groups attached to an aromatic ring is 1. The Hall–Kier alpha value is -1.52. The Bertz CT molecular complexity index is 311. The van der Waals surface area contributed by atoms with Gasteiger partial charge in [-0.1, -0.05) is 0 Å². The van der Waals surface area contributed by atoms with Crippen LogP contribution in [0.4, 0.5) is 11.6 Å². The Morgan fingerprint density at radius 3 is 2.77 bits per heavy atom. The molecule has 1 aromatic rings. The summed E-state index contributed by atoms with van der Waals surface area (Å²) < 4.78 is 5.14. The lowest BCUT2D eigenvalue weighted by molar-refractivity contribution is 0.410. The standard InChI is InChI=1S/C8H12N4O/c1-13-6-7(9)10-5-11-8(6)12-3-2-4-12/h5H,2-4H2,1H3,(H2,9,10,11). The molecule has 0 aliphatic carbocycles. The van der Waals surface area contributed by atoms with Gasteiger partial charge in [0, 0.05) is 13.1 Å². The lowest BCUT2D eigenvalue weighted by Crippen LogP contribution is -2.38. The summed E-state index contributed by atoms with van der Waals surface area (Å²) in [5, 5.41) is 0. The molecule has 1 aliphatic heterocycles. The van der Waals surface area contributed by atoms with E-state index in [1.807, 2.05) is 0 Å². The highest BCUT2D eigenvalue weighted by Gasteiger charge is 2.21. The summed E-state index contributed by atoms with van der Waals surface area (Å²) >= 11 is 0. The molecule has 0 unspecified atom stereocenters. The van der Waals surface area contributed by atoms with Crippen molar-refractivity contribution in [1.29, 1.82) is 0 Å². The van der Waals surface area contributed by atoms with Crippen LogP contribution in [-0.2, 0) is 0 Å². The fourth-order valence-electron chi connectivity index (χ4n) is 1.33. The van der Waals surface area contributed by atoms with E-state index in [4.69, 9.17) is 10.5 Å². The highest BCUT2D eigenvalue weighted by molar-refractivity contribution is 5.63. The van der Waals surface area contributed by atoms with Crippen LogP contribution < -0.4 is 15.4 Å². The summed E-state index contributed by atoms with van der Waals surface area (Å²) in [6, 6.07) is 0. The summed E-state index contributed by atoms with van der Waals surface area (Å²) in [5.41, 5.74) is 5.65. The van der Waals surface area contributed by atoms with Gasteiger partial charge in [-0.05, 0) is 6.42 Å². The maximum absolute atomic E-state index is 5.65. The van der Waals surface area contributed by atoms with Crippen LogP contribution in [0.3, 0.4) is 0 Å². The van der Waals surface area contributed by atoms with Crippen LogP contribution in [0.2, 0.25) is 0 Å². The van der Waals surface area contributed by atoms with Gasteiger partial charge >= 0.3 is 0 Å². The van der Waals surface area contributed by atoms with Gasteiger partial charge in [-0.25, -0.2) is 9.97 Å². The molecule has 0 amide bonds. The van der Waals surface area contributed by atoms with Gasteiger partial charge < -0.3 is 15.4 Å². The zero-order valence-corrected chi connectivity index (χ0v) is 7.53. The molecule has 0 spiro atoms. The molecule has 0 atom stereocenters. The molecule has 1 fully saturated rings. The minimum Gasteiger partial charge on any atom is -0.490 e. The van der Waals surface area contributed by atoms with Crippen molar-refractivity contribution in [3.63, 3.8) is 0 Å². The van der Waals surface area contributed by atoms with Crippen LogP contribution >= 0.6 is 0 Å². The van der Waals surface area contributed by atoms with Gasteiger partial charge in [-0.15, -0.1) is 0 Å². The van der Waals surface area contributed by atoms with E-state index >= 15 is 0 Å². The highest BCUT2D eigenvalue weighted by Crippen LogP contribution is 2.31. The van der Waals surface area contributed by atoms with Crippen LogP contribution in [0.25, 0.3) is 0 Å². The molecule has 1 aliphatic rings. The predicted octanol–water partition coefficient (Wildman–Crippen LogP) is 0.277. The maximum atomic E-state index is 5.65. The van der Waals surface area contributed by atoms with Gasteiger partial charge in [0.2, 0.25) is 5.75 Å². The second-order valence-electron chi connectivity index (χ2n) is 2.96. The Balaban J connectivity index is 2.37. The third kappa shape index (κ3) is 1.26. The zero-order valence-electron chi connectivity index (χ0n) is 7.53. The van der Waals surface area contributed by atoms with Gasteiger partial charge in [0.15, 0.2) is 11.6 Å². The number of aromatic nitrogens is 2. The number of ether oxygens (including phenoxy) is 1. The van der Waals surface area contributed by atoms with E-state index in [-0.39, 0.29) is 0 Å². The van der Waals surface area contributed by atoms with E-state index in [1.165, 1.54) is 12.7 Å². The molecule has 0 aromatic carbocycles. The molecule has 70 valence electrons. The summed E-state index contributed by atoms with van der Waals surface area (Å²) in [4.78, 5) is 10.1. The first kappa shape index (κ1) is 8.10. The van der Waals surface area contributed by atoms with Crippen molar-refractivity contribution < 1.29 is 4.74 Å². The molecule has 1 aromatic heterocycles. The van der Waals surface area contributed by atoms with E-state index in [0.29, 0.717) is 11.6 Å². The average Bonchev–Trinajstić information content (AvgIpc) is 2.01. The number of nitrogens with zero attached hydrogens (tertiary/aromatic N) is 3. The normalized spacial score (nSPS) is 15.3. The monoisotopic (exact) mass is 180 g/mol. The summed E-state index contributed by atoms with van der Waals surface area (Å²) in [7, 11) is 1.58. The number of nitrogens with two attached hydrogens (primary N) is 1. The number of anilines is 2. The van der Waals surface area contributed by atoms with Gasteiger partial charge in [-0.3, -0.25) is 0 Å². The van der Waals surface area contributed by atoms with Crippen molar-refractivity contribution >= 4 is 11.6 Å². The summed E-state index contributed by atoms with van der Waals surface area (Å²) in [5.74, 6) is 1.79. The molecule has 5 nitrogen and oxygen atoms in total. The van der Waals surface area contributed by atoms with E-state index < -0.39 is 0 Å². The molecule has 2 rings (SSSR count). The molecule has 2 heterocycles. The smallest absolute Gasteiger partial charge is 0.204 e. The molecular formula is C8H12N4O. The minimum atomic E-state index is 0.402. The fraction of sp³-hybridized carbons (Fsp3) is 0.500. The molecule has 2 N–H and O–H groups in total. The Labute approximate surface area is 76.5 Å². The molecule has 0 radical (unpaired) electrons. The molecular weight excluding hydrogens is 168 g/mol. The third-order valence-electron chi connectivity index (χ3n) is 2.17. The first-order valence-corrected chi connectivity index (χ1v) is 4.22. The number of hydrogen-bond acceptors (Lipinski definition) is 5. The summed E-state index contributed by atoms with van der Waals surface area (Å²) in [6.07, 6.45) is 2.67. The van der Waals surface area contributed by atoms with Crippen molar-refractivity contribution in [2.45, 2.75) is 6.42 Å². The lowest BCUT2D eigenvalue weighted by atomic mass is 10.2. The van der Waals surface area contributed by atoms with Crippen LogP contribution in [0.1, 0.15) is 6.42 Å². The Kier molecular flexibility index (Phi) is 1.92. The summed E-state index contributed by atoms with van der Waals surface area (Å²) in [6.45, 7) is 2.04. The van der Waals surface area contributed by atoms with Crippen LogP contribution in [0, 0.1) is 0 Å². The largest absolute Gasteiger partial charge is 0.490 e. The van der Waals surface area contributed by atoms with Gasteiger partial charge in [0.05, 0.1) is 7.11 Å². The van der Waals surface area contributed by atoms with Gasteiger partial charge in [-0.2, -0.15) is 0 Å². The minimum absolute atomic E-state index is 0.402. The van der Waals surface area contributed by atoms with Crippen molar-refractivity contribution in [1.82, 2.24) is 9.97 Å². The highest BCUT2D eigenvalue weighted by atomic mass is 16.5. The first-order valence-electron chi connectivity index (χ1n) is 4.22. The first-order chi connectivity index (χ1) is 6.33. The van der Waals surface area contributed by atoms with Crippen LogP contribution in [0.15, 0.2) is 6.33 Å². The number of hydrogen-bond donors (Lipinski definition) is 1. The predicted molar refractivity (Wildman–Crippen MR) is 49.8 cm³/mol. The van der Waals surface area contributed by atoms with Gasteiger partial charge in [0.1, 0.15) is 6.33 Å². The van der Waals surface area contributed by atoms with Crippen molar-refractivity contribution in [2.75, 3.05) is 30.8 Å². The van der Waals surface area contributed by atoms with E-state index in [1.54, 1.807) is 7.11 Å². The quantitative estimate of drug-likeness (QED) is 0.708. The molecule has 13 heavy (non-hydrogen) atoms. The van der Waals surface area contributed by atoms with Crippen molar-refractivity contribution in [3.8, 4) is 5.75 Å². The van der Waals surface area contributed by atoms with Crippen molar-refractivity contribution in [3.05, 3.63) is 6.33 Å². The zero-order chi connectivity index (χ0) is 9.26. The average molecular weight is 180 g/mol. The SMILES string of the molecule is COc1c(N)ncnc1N1CCC1. The van der Waals surface area contributed by atoms with E-state index in [0.717, 1.165) is 18.9 Å². The second-order valence-corrected chi connectivity index (χ2v) is 2.96. The van der Waals surface area contributed by atoms with E-state index in [9.17, 15) is 0 Å². The number of methoxy groups -OCH3 is 1. The van der Waals surface area contributed by atoms with E-state index in [2.05, 4.69) is 14.9 Å². The van der Waals surface area contributed by atoms with Crippen LogP contribution in [0.5, 0.6) is 5.75 Å². The fourth-order valence-corrected chi connectivity index (χ4v) is 1.33. The molecule has 5 heteroatoms.